The number of thiazole rings is 1. The van der Waals surface area contributed by atoms with E-state index < -0.39 is 5.97 Å². The normalized spacial score (nSPS) is 11.5. The van der Waals surface area contributed by atoms with Crippen LogP contribution in [-0.4, -0.2) is 20.5 Å². The number of aromatic carboxylic acids is 1. The Morgan fingerprint density at radius 1 is 1.25 bits per heavy atom. The molecule has 1 aromatic carbocycles. The summed E-state index contributed by atoms with van der Waals surface area (Å²) in [6.45, 7) is 5.75. The zero-order valence-corrected chi connectivity index (χ0v) is 14.3. The van der Waals surface area contributed by atoms with E-state index in [9.17, 15) is 9.59 Å². The molecule has 0 aliphatic rings. The zero-order valence-electron chi connectivity index (χ0n) is 13.5. The average Bonchev–Trinajstić information content (AvgIpc) is 2.97. The van der Waals surface area contributed by atoms with Gasteiger partial charge in [0.05, 0.1) is 5.69 Å². The second-order valence-electron chi connectivity index (χ2n) is 5.67. The van der Waals surface area contributed by atoms with Crippen molar-refractivity contribution in [1.82, 2.24) is 9.38 Å². The molecule has 0 saturated heterocycles. The van der Waals surface area contributed by atoms with E-state index in [0.717, 1.165) is 28.0 Å². The lowest BCUT2D eigenvalue weighted by atomic mass is 10.0. The minimum Gasteiger partial charge on any atom is -0.477 e. The highest BCUT2D eigenvalue weighted by atomic mass is 32.1. The summed E-state index contributed by atoms with van der Waals surface area (Å²) in [5.41, 5.74) is 4.16. The van der Waals surface area contributed by atoms with Gasteiger partial charge in [-0.15, -0.1) is 0 Å². The van der Waals surface area contributed by atoms with Gasteiger partial charge in [-0.2, -0.15) is 0 Å². The van der Waals surface area contributed by atoms with Crippen LogP contribution in [0.1, 0.15) is 37.6 Å². The predicted molar refractivity (Wildman–Crippen MR) is 95.9 cm³/mol. The summed E-state index contributed by atoms with van der Waals surface area (Å²) in [7, 11) is 0. The number of carbonyl (C=O) groups is 1. The molecule has 122 valence electrons. The molecule has 6 heteroatoms. The minimum absolute atomic E-state index is 0.0923. The number of carboxylic acids is 1. The van der Waals surface area contributed by atoms with Gasteiger partial charge in [0.25, 0.3) is 5.56 Å². The standard InChI is InChI=1S/C18H16N2O3S/c1-10-4-5-11(2)13(8-10)6-7-14-12(3)16(21)20-9-15(17(22)23)24-18(20)19-14/h4-9H,1-3H3,(H,22,23)/b7-6+. The molecule has 2 aromatic heterocycles. The van der Waals surface area contributed by atoms with Gasteiger partial charge in [0.2, 0.25) is 0 Å². The quantitative estimate of drug-likeness (QED) is 0.791. The summed E-state index contributed by atoms with van der Waals surface area (Å²) < 4.78 is 1.29. The van der Waals surface area contributed by atoms with Crippen molar-refractivity contribution in [3.63, 3.8) is 0 Å². The van der Waals surface area contributed by atoms with Gasteiger partial charge in [0.15, 0.2) is 4.96 Å². The fourth-order valence-corrected chi connectivity index (χ4v) is 3.24. The fraction of sp³-hybridized carbons (Fsp3) is 0.167. The number of benzene rings is 1. The van der Waals surface area contributed by atoms with Crippen molar-refractivity contribution in [3.05, 3.63) is 67.6 Å². The lowest BCUT2D eigenvalue weighted by Crippen LogP contribution is -2.17. The maximum atomic E-state index is 12.4. The number of hydrogen-bond acceptors (Lipinski definition) is 4. The molecule has 0 saturated carbocycles. The van der Waals surface area contributed by atoms with Crippen LogP contribution in [0.25, 0.3) is 17.1 Å². The third-order valence-electron chi connectivity index (χ3n) is 3.86. The molecule has 0 aliphatic heterocycles. The zero-order chi connectivity index (χ0) is 17.4. The van der Waals surface area contributed by atoms with Crippen LogP contribution >= 0.6 is 11.3 Å². The van der Waals surface area contributed by atoms with E-state index in [0.29, 0.717) is 16.2 Å². The van der Waals surface area contributed by atoms with E-state index >= 15 is 0 Å². The van der Waals surface area contributed by atoms with Crippen molar-refractivity contribution in [2.75, 3.05) is 0 Å². The van der Waals surface area contributed by atoms with Crippen LogP contribution in [-0.2, 0) is 0 Å². The summed E-state index contributed by atoms with van der Waals surface area (Å²) in [6.07, 6.45) is 5.06. The Morgan fingerprint density at radius 2 is 2.00 bits per heavy atom. The molecule has 0 atom stereocenters. The fourth-order valence-electron chi connectivity index (χ4n) is 2.41. The van der Waals surface area contributed by atoms with Gasteiger partial charge in [0, 0.05) is 11.8 Å². The molecule has 0 unspecified atom stereocenters. The van der Waals surface area contributed by atoms with Gasteiger partial charge < -0.3 is 5.11 Å². The van der Waals surface area contributed by atoms with E-state index in [-0.39, 0.29) is 10.4 Å². The SMILES string of the molecule is Cc1ccc(C)c(/C=C/c2nc3sc(C(=O)O)cn3c(=O)c2C)c1. The molecule has 5 nitrogen and oxygen atoms in total. The Labute approximate surface area is 142 Å². The van der Waals surface area contributed by atoms with E-state index in [2.05, 4.69) is 11.1 Å². The monoisotopic (exact) mass is 340 g/mol. The molecule has 0 radical (unpaired) electrons. The second kappa shape index (κ2) is 6.05. The van der Waals surface area contributed by atoms with E-state index in [1.807, 2.05) is 32.1 Å². The van der Waals surface area contributed by atoms with Crippen LogP contribution in [0.2, 0.25) is 0 Å². The predicted octanol–water partition coefficient (Wildman–Crippen LogP) is 3.55. The number of hydrogen-bond donors (Lipinski definition) is 1. The van der Waals surface area contributed by atoms with E-state index in [4.69, 9.17) is 5.11 Å². The lowest BCUT2D eigenvalue weighted by Gasteiger charge is -2.03. The van der Waals surface area contributed by atoms with E-state index in [1.54, 1.807) is 13.0 Å². The first kappa shape index (κ1) is 16.1. The first-order chi connectivity index (χ1) is 11.4. The van der Waals surface area contributed by atoms with E-state index in [1.165, 1.54) is 10.6 Å². The molecular weight excluding hydrogens is 324 g/mol. The molecule has 24 heavy (non-hydrogen) atoms. The Hall–Kier alpha value is -2.73. The topological polar surface area (TPSA) is 71.7 Å². The minimum atomic E-state index is -1.06. The molecule has 3 aromatic rings. The van der Waals surface area contributed by atoms with Crippen molar-refractivity contribution in [2.45, 2.75) is 20.8 Å². The Morgan fingerprint density at radius 3 is 2.71 bits per heavy atom. The number of nitrogens with zero attached hydrogens (tertiary/aromatic N) is 2. The molecule has 0 spiro atoms. The molecule has 0 aliphatic carbocycles. The maximum Gasteiger partial charge on any atom is 0.347 e. The summed E-state index contributed by atoms with van der Waals surface area (Å²) in [4.78, 5) is 28.4. The number of aryl methyl sites for hydroxylation is 2. The largest absolute Gasteiger partial charge is 0.477 e. The highest BCUT2D eigenvalue weighted by Gasteiger charge is 2.13. The van der Waals surface area contributed by atoms with Crippen molar-refractivity contribution < 1.29 is 9.90 Å². The number of fused-ring (bicyclic) bond motifs is 1. The van der Waals surface area contributed by atoms with Gasteiger partial charge in [-0.3, -0.25) is 9.20 Å². The van der Waals surface area contributed by atoms with Crippen LogP contribution in [0.15, 0.2) is 29.2 Å². The van der Waals surface area contributed by atoms with Gasteiger partial charge in [-0.1, -0.05) is 41.2 Å². The van der Waals surface area contributed by atoms with Gasteiger partial charge in [-0.25, -0.2) is 9.78 Å². The lowest BCUT2D eigenvalue weighted by molar-refractivity contribution is 0.0701. The van der Waals surface area contributed by atoms with Crippen molar-refractivity contribution in [2.24, 2.45) is 0 Å². The van der Waals surface area contributed by atoms with Gasteiger partial charge in [-0.05, 0) is 38.0 Å². The highest BCUT2D eigenvalue weighted by Crippen LogP contribution is 2.18. The Bertz CT molecular complexity index is 1040. The molecule has 2 heterocycles. The summed E-state index contributed by atoms with van der Waals surface area (Å²) in [5.74, 6) is -1.06. The summed E-state index contributed by atoms with van der Waals surface area (Å²) >= 11 is 0.988. The molecule has 0 fully saturated rings. The second-order valence-corrected chi connectivity index (χ2v) is 6.68. The van der Waals surface area contributed by atoms with Crippen LogP contribution in [0.4, 0.5) is 0 Å². The Kier molecular flexibility index (Phi) is 4.07. The first-order valence-corrected chi connectivity index (χ1v) is 8.20. The molecular formula is C18H16N2O3S. The van der Waals surface area contributed by atoms with Crippen molar-refractivity contribution in [3.8, 4) is 0 Å². The van der Waals surface area contributed by atoms with Crippen molar-refractivity contribution in [1.29, 1.82) is 0 Å². The van der Waals surface area contributed by atoms with Crippen LogP contribution in [0.5, 0.6) is 0 Å². The summed E-state index contributed by atoms with van der Waals surface area (Å²) in [6, 6.07) is 6.17. The van der Waals surface area contributed by atoms with Gasteiger partial charge >= 0.3 is 5.97 Å². The number of rotatable bonds is 3. The average molecular weight is 340 g/mol. The number of carboxylic acid groups (broad SMARTS) is 1. The van der Waals surface area contributed by atoms with Crippen LogP contribution in [0.3, 0.4) is 0 Å². The third kappa shape index (κ3) is 2.88. The maximum absolute atomic E-state index is 12.4. The smallest absolute Gasteiger partial charge is 0.347 e. The third-order valence-corrected chi connectivity index (χ3v) is 4.83. The first-order valence-electron chi connectivity index (χ1n) is 7.38. The van der Waals surface area contributed by atoms with Gasteiger partial charge in [0.1, 0.15) is 4.88 Å². The number of aromatic nitrogens is 2. The Balaban J connectivity index is 2.11. The molecule has 0 amide bonds. The molecule has 0 bridgehead atoms. The summed E-state index contributed by atoms with van der Waals surface area (Å²) in [5, 5.41) is 9.08. The van der Waals surface area contributed by atoms with Crippen LogP contribution < -0.4 is 5.56 Å². The van der Waals surface area contributed by atoms with Crippen LogP contribution in [0, 0.1) is 20.8 Å². The molecule has 1 N–H and O–H groups in total. The highest BCUT2D eigenvalue weighted by molar-refractivity contribution is 7.18. The molecule has 3 rings (SSSR count). The van der Waals surface area contributed by atoms with Crippen molar-refractivity contribution >= 4 is 34.4 Å².